The van der Waals surface area contributed by atoms with Crippen LogP contribution in [0.25, 0.3) is 5.69 Å². The summed E-state index contributed by atoms with van der Waals surface area (Å²) in [6.45, 7) is 3.09. The standard InChI is InChI=1S/C15H16N4O5/c1-3-15(2,14(21)22)17-13(20)10-8-16-18(9-10)11-4-6-12(7-5-11)19(23)24/h4-9H,3H2,1-2H3,(H,17,20)(H,21,22). The maximum atomic E-state index is 12.2. The molecule has 126 valence electrons. The Kier molecular flexibility index (Phi) is 4.63. The molecule has 0 bridgehead atoms. The quantitative estimate of drug-likeness (QED) is 0.613. The zero-order chi connectivity index (χ0) is 17.9. The first-order valence-electron chi connectivity index (χ1n) is 7.12. The fourth-order valence-corrected chi connectivity index (χ4v) is 1.92. The molecule has 24 heavy (non-hydrogen) atoms. The van der Waals surface area contributed by atoms with Crippen molar-refractivity contribution in [1.82, 2.24) is 15.1 Å². The van der Waals surface area contributed by atoms with Crippen LogP contribution >= 0.6 is 0 Å². The number of rotatable bonds is 6. The topological polar surface area (TPSA) is 127 Å². The monoisotopic (exact) mass is 332 g/mol. The van der Waals surface area contributed by atoms with Crippen LogP contribution < -0.4 is 5.32 Å². The minimum atomic E-state index is -1.37. The van der Waals surface area contributed by atoms with E-state index in [9.17, 15) is 24.8 Å². The Hall–Kier alpha value is -3.23. The first-order valence-corrected chi connectivity index (χ1v) is 7.12. The highest BCUT2D eigenvalue weighted by molar-refractivity contribution is 5.97. The van der Waals surface area contributed by atoms with Crippen LogP contribution in [0.1, 0.15) is 30.6 Å². The van der Waals surface area contributed by atoms with E-state index in [-0.39, 0.29) is 17.7 Å². The van der Waals surface area contributed by atoms with Crippen molar-refractivity contribution in [2.45, 2.75) is 25.8 Å². The molecule has 1 aromatic carbocycles. The molecule has 9 heteroatoms. The molecule has 0 spiro atoms. The van der Waals surface area contributed by atoms with Gasteiger partial charge in [-0.2, -0.15) is 5.10 Å². The molecule has 0 aliphatic heterocycles. The first-order chi connectivity index (χ1) is 11.3. The Morgan fingerprint density at radius 1 is 1.38 bits per heavy atom. The van der Waals surface area contributed by atoms with E-state index in [2.05, 4.69) is 10.4 Å². The second-order valence-corrected chi connectivity index (χ2v) is 5.39. The number of carbonyl (C=O) groups excluding carboxylic acids is 1. The van der Waals surface area contributed by atoms with Gasteiger partial charge < -0.3 is 10.4 Å². The van der Waals surface area contributed by atoms with Crippen LogP contribution in [0.5, 0.6) is 0 Å². The first kappa shape index (κ1) is 17.1. The van der Waals surface area contributed by atoms with Gasteiger partial charge in [-0.15, -0.1) is 0 Å². The maximum absolute atomic E-state index is 12.2. The summed E-state index contributed by atoms with van der Waals surface area (Å²) in [4.78, 5) is 33.6. The number of hydrogen-bond acceptors (Lipinski definition) is 5. The van der Waals surface area contributed by atoms with Gasteiger partial charge in [0.2, 0.25) is 0 Å². The fourth-order valence-electron chi connectivity index (χ4n) is 1.92. The lowest BCUT2D eigenvalue weighted by atomic mass is 9.99. The van der Waals surface area contributed by atoms with Gasteiger partial charge in [-0.25, -0.2) is 9.48 Å². The van der Waals surface area contributed by atoms with E-state index < -0.39 is 22.3 Å². The lowest BCUT2D eigenvalue weighted by molar-refractivity contribution is -0.384. The van der Waals surface area contributed by atoms with Gasteiger partial charge in [-0.3, -0.25) is 14.9 Å². The van der Waals surface area contributed by atoms with Crippen LogP contribution in [-0.4, -0.2) is 37.2 Å². The Balaban J connectivity index is 2.19. The van der Waals surface area contributed by atoms with Gasteiger partial charge in [-0.1, -0.05) is 6.92 Å². The van der Waals surface area contributed by atoms with E-state index in [0.717, 1.165) is 0 Å². The largest absolute Gasteiger partial charge is 0.480 e. The Labute approximate surface area is 137 Å². The van der Waals surface area contributed by atoms with Crippen LogP contribution in [-0.2, 0) is 4.79 Å². The minimum Gasteiger partial charge on any atom is -0.480 e. The summed E-state index contributed by atoms with van der Waals surface area (Å²) in [7, 11) is 0. The number of benzene rings is 1. The average molecular weight is 332 g/mol. The molecule has 0 saturated carbocycles. The van der Waals surface area contributed by atoms with Crippen LogP contribution in [0.4, 0.5) is 5.69 Å². The molecule has 0 aliphatic carbocycles. The van der Waals surface area contributed by atoms with E-state index in [1.54, 1.807) is 6.92 Å². The van der Waals surface area contributed by atoms with E-state index >= 15 is 0 Å². The van der Waals surface area contributed by atoms with Gasteiger partial charge >= 0.3 is 5.97 Å². The molecule has 1 aromatic heterocycles. The van der Waals surface area contributed by atoms with Crippen LogP contribution in [0.15, 0.2) is 36.7 Å². The molecule has 9 nitrogen and oxygen atoms in total. The molecule has 0 fully saturated rings. The number of nitro groups is 1. The molecular formula is C15H16N4O5. The highest BCUT2D eigenvalue weighted by Gasteiger charge is 2.33. The van der Waals surface area contributed by atoms with Crippen molar-refractivity contribution in [3.05, 3.63) is 52.3 Å². The van der Waals surface area contributed by atoms with Crippen LogP contribution in [0.3, 0.4) is 0 Å². The lowest BCUT2D eigenvalue weighted by Gasteiger charge is -2.24. The van der Waals surface area contributed by atoms with E-state index in [4.69, 9.17) is 0 Å². The third-order valence-corrected chi connectivity index (χ3v) is 3.74. The van der Waals surface area contributed by atoms with Gasteiger partial charge in [0.15, 0.2) is 0 Å². The molecule has 2 aromatic rings. The zero-order valence-corrected chi connectivity index (χ0v) is 13.1. The molecule has 2 rings (SSSR count). The second kappa shape index (κ2) is 6.49. The fraction of sp³-hybridized carbons (Fsp3) is 0.267. The van der Waals surface area contributed by atoms with Gasteiger partial charge in [0, 0.05) is 18.3 Å². The number of nitrogens with zero attached hydrogens (tertiary/aromatic N) is 3. The molecule has 0 radical (unpaired) electrons. The third-order valence-electron chi connectivity index (χ3n) is 3.74. The highest BCUT2D eigenvalue weighted by Crippen LogP contribution is 2.16. The lowest BCUT2D eigenvalue weighted by Crippen LogP contribution is -2.51. The molecular weight excluding hydrogens is 316 g/mol. The predicted molar refractivity (Wildman–Crippen MR) is 84.0 cm³/mol. The van der Waals surface area contributed by atoms with E-state index in [1.165, 1.54) is 48.3 Å². The normalized spacial score (nSPS) is 13.1. The number of carboxylic acids is 1. The second-order valence-electron chi connectivity index (χ2n) is 5.39. The maximum Gasteiger partial charge on any atom is 0.329 e. The molecule has 2 N–H and O–H groups in total. The summed E-state index contributed by atoms with van der Waals surface area (Å²) in [5.41, 5.74) is -0.693. The summed E-state index contributed by atoms with van der Waals surface area (Å²) in [6, 6.07) is 5.66. The zero-order valence-electron chi connectivity index (χ0n) is 13.1. The number of aliphatic carboxylic acids is 1. The Bertz CT molecular complexity index is 783. The summed E-state index contributed by atoms with van der Waals surface area (Å²) in [6.07, 6.45) is 2.95. The molecule has 1 amide bonds. The van der Waals surface area contributed by atoms with Crippen molar-refractivity contribution in [3.63, 3.8) is 0 Å². The van der Waals surface area contributed by atoms with E-state index in [0.29, 0.717) is 5.69 Å². The van der Waals surface area contributed by atoms with Crippen LogP contribution in [0, 0.1) is 10.1 Å². The molecule has 1 atom stereocenters. The van der Waals surface area contributed by atoms with Crippen molar-refractivity contribution >= 4 is 17.6 Å². The van der Waals surface area contributed by atoms with Crippen molar-refractivity contribution < 1.29 is 19.6 Å². The van der Waals surface area contributed by atoms with E-state index in [1.807, 2.05) is 0 Å². The summed E-state index contributed by atoms with van der Waals surface area (Å²) < 4.78 is 1.38. The van der Waals surface area contributed by atoms with Crippen molar-refractivity contribution in [2.24, 2.45) is 0 Å². The highest BCUT2D eigenvalue weighted by atomic mass is 16.6. The Morgan fingerprint density at radius 3 is 2.50 bits per heavy atom. The number of hydrogen-bond donors (Lipinski definition) is 2. The summed E-state index contributed by atoms with van der Waals surface area (Å²) in [5, 5.41) is 26.3. The number of carboxylic acid groups (broad SMARTS) is 1. The van der Waals surface area contributed by atoms with Gasteiger partial charge in [0.25, 0.3) is 11.6 Å². The number of non-ortho nitro benzene ring substituents is 1. The van der Waals surface area contributed by atoms with Gasteiger partial charge in [-0.05, 0) is 25.5 Å². The number of aromatic nitrogens is 2. The molecule has 0 aliphatic rings. The Morgan fingerprint density at radius 2 is 2.00 bits per heavy atom. The molecule has 0 saturated heterocycles. The number of nitro benzene ring substituents is 1. The number of nitrogens with one attached hydrogen (secondary N) is 1. The van der Waals surface area contributed by atoms with Gasteiger partial charge in [0.1, 0.15) is 5.54 Å². The van der Waals surface area contributed by atoms with Gasteiger partial charge in [0.05, 0.1) is 22.4 Å². The molecule has 1 unspecified atom stereocenters. The minimum absolute atomic E-state index is 0.0518. The summed E-state index contributed by atoms with van der Waals surface area (Å²) in [5.74, 6) is -1.68. The summed E-state index contributed by atoms with van der Waals surface area (Å²) >= 11 is 0. The number of amides is 1. The van der Waals surface area contributed by atoms with Crippen molar-refractivity contribution in [3.8, 4) is 5.69 Å². The predicted octanol–water partition coefficient (Wildman–Crippen LogP) is 1.76. The SMILES string of the molecule is CCC(C)(NC(=O)c1cnn(-c2ccc([N+](=O)[O-])cc2)c1)C(=O)O. The van der Waals surface area contributed by atoms with Crippen molar-refractivity contribution in [2.75, 3.05) is 0 Å². The number of carbonyl (C=O) groups is 2. The smallest absolute Gasteiger partial charge is 0.329 e. The van der Waals surface area contributed by atoms with Crippen molar-refractivity contribution in [1.29, 1.82) is 0 Å². The average Bonchev–Trinajstić information content (AvgIpc) is 3.04. The molecule has 1 heterocycles. The van der Waals surface area contributed by atoms with Crippen LogP contribution in [0.2, 0.25) is 0 Å². The third kappa shape index (κ3) is 3.40.